The van der Waals surface area contributed by atoms with Crippen LogP contribution >= 0.6 is 0 Å². The zero-order chi connectivity index (χ0) is 20.8. The summed E-state index contributed by atoms with van der Waals surface area (Å²) in [6.07, 6.45) is 8.13. The van der Waals surface area contributed by atoms with E-state index in [1.165, 1.54) is 59.6 Å². The highest BCUT2D eigenvalue weighted by atomic mass is 16.5. The summed E-state index contributed by atoms with van der Waals surface area (Å²) in [5.41, 5.74) is 7.15. The van der Waals surface area contributed by atoms with Crippen LogP contribution in [0.15, 0.2) is 85.5 Å². The van der Waals surface area contributed by atoms with E-state index in [9.17, 15) is 4.79 Å². The van der Waals surface area contributed by atoms with Gasteiger partial charge in [-0.3, -0.25) is 0 Å². The number of unbranched alkanes of at least 4 members (excludes halogenated alkanes) is 2. The monoisotopic (exact) mass is 396 g/mol. The molecule has 0 bridgehead atoms. The predicted octanol–water partition coefficient (Wildman–Crippen LogP) is 6.42. The Morgan fingerprint density at radius 1 is 0.867 bits per heavy atom. The number of carbonyl (C=O) groups excluding carboxylic acids is 1. The van der Waals surface area contributed by atoms with E-state index in [2.05, 4.69) is 55.1 Å². The molecule has 3 aromatic rings. The molecule has 0 radical (unpaired) electrons. The van der Waals surface area contributed by atoms with E-state index in [-0.39, 0.29) is 0 Å². The zero-order valence-electron chi connectivity index (χ0n) is 17.3. The number of rotatable bonds is 9. The second-order valence-corrected chi connectivity index (χ2v) is 8.03. The molecule has 2 nitrogen and oxygen atoms in total. The van der Waals surface area contributed by atoms with Gasteiger partial charge in [0.2, 0.25) is 0 Å². The van der Waals surface area contributed by atoms with Crippen molar-refractivity contribution in [3.05, 3.63) is 113 Å². The van der Waals surface area contributed by atoms with E-state index < -0.39 is 5.97 Å². The number of benzene rings is 3. The van der Waals surface area contributed by atoms with Crippen molar-refractivity contribution in [2.24, 2.45) is 0 Å². The average molecular weight is 397 g/mol. The number of esters is 1. The highest BCUT2D eigenvalue weighted by Gasteiger charge is 2.26. The molecule has 0 saturated carbocycles. The van der Waals surface area contributed by atoms with Gasteiger partial charge in [-0.15, -0.1) is 0 Å². The van der Waals surface area contributed by atoms with Crippen molar-refractivity contribution in [2.75, 3.05) is 0 Å². The molecule has 1 aliphatic carbocycles. The normalized spacial score (nSPS) is 14.5. The van der Waals surface area contributed by atoms with Gasteiger partial charge in [0.1, 0.15) is 5.75 Å². The van der Waals surface area contributed by atoms with Crippen LogP contribution in [0.5, 0.6) is 5.75 Å². The van der Waals surface area contributed by atoms with Crippen LogP contribution in [0, 0.1) is 0 Å². The number of fused-ring (bicyclic) bond motifs is 1. The van der Waals surface area contributed by atoms with Gasteiger partial charge in [0.25, 0.3) is 0 Å². The van der Waals surface area contributed by atoms with E-state index >= 15 is 0 Å². The fourth-order valence-corrected chi connectivity index (χ4v) is 4.19. The van der Waals surface area contributed by atoms with Crippen molar-refractivity contribution in [3.63, 3.8) is 0 Å². The lowest BCUT2D eigenvalue weighted by atomic mass is 9.74. The van der Waals surface area contributed by atoms with Gasteiger partial charge < -0.3 is 4.74 Å². The largest absolute Gasteiger partial charge is 0.423 e. The fourth-order valence-electron chi connectivity index (χ4n) is 4.19. The van der Waals surface area contributed by atoms with Gasteiger partial charge in [-0.05, 0) is 72.1 Å². The minimum absolute atomic E-state index is 0.423. The SMILES string of the molecule is C=CC(=O)Oc1ccc(CCCCCc2ccc(C3Cc4ccccc43)cc2)cc1. The van der Waals surface area contributed by atoms with E-state index in [0.29, 0.717) is 11.7 Å². The minimum atomic E-state index is -0.423. The molecule has 0 aliphatic heterocycles. The third kappa shape index (κ3) is 4.88. The lowest BCUT2D eigenvalue weighted by Crippen LogP contribution is -2.17. The van der Waals surface area contributed by atoms with E-state index in [0.717, 1.165) is 12.8 Å². The second kappa shape index (κ2) is 9.58. The first-order valence-electron chi connectivity index (χ1n) is 10.8. The van der Waals surface area contributed by atoms with Crippen LogP contribution in [-0.4, -0.2) is 5.97 Å². The first-order chi connectivity index (χ1) is 14.7. The Hall–Kier alpha value is -3.13. The Labute approximate surface area is 179 Å². The van der Waals surface area contributed by atoms with Crippen LogP contribution in [-0.2, 0) is 24.1 Å². The summed E-state index contributed by atoms with van der Waals surface area (Å²) in [5, 5.41) is 0. The van der Waals surface area contributed by atoms with Gasteiger partial charge in [0.15, 0.2) is 0 Å². The van der Waals surface area contributed by atoms with Crippen LogP contribution in [0.1, 0.15) is 53.0 Å². The van der Waals surface area contributed by atoms with Gasteiger partial charge >= 0.3 is 5.97 Å². The second-order valence-electron chi connectivity index (χ2n) is 8.03. The third-order valence-corrected chi connectivity index (χ3v) is 5.98. The third-order valence-electron chi connectivity index (χ3n) is 5.98. The molecule has 2 heteroatoms. The summed E-state index contributed by atoms with van der Waals surface area (Å²) in [7, 11) is 0. The predicted molar refractivity (Wildman–Crippen MR) is 122 cm³/mol. The summed E-state index contributed by atoms with van der Waals surface area (Å²) < 4.78 is 5.10. The highest BCUT2D eigenvalue weighted by Crippen LogP contribution is 2.39. The molecule has 0 aromatic heterocycles. The van der Waals surface area contributed by atoms with Crippen molar-refractivity contribution in [1.29, 1.82) is 0 Å². The molecule has 1 aliphatic rings. The summed E-state index contributed by atoms with van der Waals surface area (Å²) in [4.78, 5) is 11.2. The van der Waals surface area contributed by atoms with Crippen LogP contribution < -0.4 is 4.74 Å². The van der Waals surface area contributed by atoms with Crippen molar-refractivity contribution in [1.82, 2.24) is 0 Å². The number of hydrogen-bond acceptors (Lipinski definition) is 2. The maximum atomic E-state index is 11.2. The van der Waals surface area contributed by atoms with Crippen molar-refractivity contribution in [3.8, 4) is 5.75 Å². The van der Waals surface area contributed by atoms with Gasteiger partial charge in [-0.1, -0.05) is 73.7 Å². The lowest BCUT2D eigenvalue weighted by molar-refractivity contribution is -0.128. The van der Waals surface area contributed by atoms with Crippen LogP contribution in [0.2, 0.25) is 0 Å². The Morgan fingerprint density at radius 3 is 2.13 bits per heavy atom. The molecule has 0 spiro atoms. The van der Waals surface area contributed by atoms with E-state index in [1.54, 1.807) is 0 Å². The Kier molecular flexibility index (Phi) is 6.44. The van der Waals surface area contributed by atoms with Crippen LogP contribution in [0.25, 0.3) is 0 Å². The summed E-state index contributed by atoms with van der Waals surface area (Å²) >= 11 is 0. The topological polar surface area (TPSA) is 26.3 Å². The van der Waals surface area contributed by atoms with Crippen molar-refractivity contribution >= 4 is 5.97 Å². The molecule has 1 unspecified atom stereocenters. The van der Waals surface area contributed by atoms with Crippen molar-refractivity contribution in [2.45, 2.75) is 44.4 Å². The number of ether oxygens (including phenoxy) is 1. The molecule has 0 N–H and O–H groups in total. The smallest absolute Gasteiger partial charge is 0.335 e. The van der Waals surface area contributed by atoms with Crippen LogP contribution in [0.4, 0.5) is 0 Å². The molecule has 152 valence electrons. The molecule has 30 heavy (non-hydrogen) atoms. The molecule has 0 saturated heterocycles. The molecule has 0 fully saturated rings. The Balaban J connectivity index is 1.17. The quantitative estimate of drug-likeness (QED) is 0.180. The standard InChI is InChI=1S/C28H28O2/c1-2-28(29)30-25-18-14-22(15-19-25)9-5-3-4-8-21-12-16-23(17-13-21)27-20-24-10-6-7-11-26(24)27/h2,6-7,10-19,27H,1,3-5,8-9,20H2. The van der Waals surface area contributed by atoms with Crippen molar-refractivity contribution < 1.29 is 9.53 Å². The number of hydrogen-bond donors (Lipinski definition) is 0. The summed E-state index contributed by atoms with van der Waals surface area (Å²) in [6, 6.07) is 25.8. The maximum absolute atomic E-state index is 11.2. The van der Waals surface area contributed by atoms with Crippen LogP contribution in [0.3, 0.4) is 0 Å². The highest BCUT2D eigenvalue weighted by molar-refractivity contribution is 5.83. The number of carbonyl (C=O) groups is 1. The summed E-state index contributed by atoms with van der Waals surface area (Å²) in [5.74, 6) is 0.729. The molecular formula is C28H28O2. The summed E-state index contributed by atoms with van der Waals surface area (Å²) in [6.45, 7) is 3.41. The average Bonchev–Trinajstić information content (AvgIpc) is 2.76. The molecule has 4 rings (SSSR count). The fraction of sp³-hybridized carbons (Fsp3) is 0.250. The minimum Gasteiger partial charge on any atom is -0.423 e. The van der Waals surface area contributed by atoms with Gasteiger partial charge in [-0.25, -0.2) is 4.79 Å². The molecule has 1 atom stereocenters. The molecule has 0 amide bonds. The first-order valence-corrected chi connectivity index (χ1v) is 10.8. The Bertz CT molecular complexity index is 1000. The van der Waals surface area contributed by atoms with E-state index in [1.807, 2.05) is 24.3 Å². The first kappa shape index (κ1) is 20.2. The lowest BCUT2D eigenvalue weighted by Gasteiger charge is -2.30. The number of aryl methyl sites for hydroxylation is 2. The van der Waals surface area contributed by atoms with Gasteiger partial charge in [-0.2, -0.15) is 0 Å². The van der Waals surface area contributed by atoms with Gasteiger partial charge in [0, 0.05) is 12.0 Å². The molecule has 3 aromatic carbocycles. The maximum Gasteiger partial charge on any atom is 0.335 e. The molecule has 0 heterocycles. The van der Waals surface area contributed by atoms with E-state index in [4.69, 9.17) is 4.74 Å². The van der Waals surface area contributed by atoms with Gasteiger partial charge in [0.05, 0.1) is 0 Å². The Morgan fingerprint density at radius 2 is 1.50 bits per heavy atom. The zero-order valence-corrected chi connectivity index (χ0v) is 17.3. The molecular weight excluding hydrogens is 368 g/mol.